The zero-order valence-corrected chi connectivity index (χ0v) is 9.40. The minimum atomic E-state index is -0.832. The number of carboxylic acid groups (broad SMARTS) is 1. The lowest BCUT2D eigenvalue weighted by atomic mass is 10.1. The van der Waals surface area contributed by atoms with Gasteiger partial charge in [0.1, 0.15) is 0 Å². The average molecular weight is 216 g/mol. The van der Waals surface area contributed by atoms with Crippen molar-refractivity contribution >= 4 is 11.9 Å². The molecule has 5 heteroatoms. The maximum atomic E-state index is 11.7. The Morgan fingerprint density at radius 2 is 2.07 bits per heavy atom. The Kier molecular flexibility index (Phi) is 6.70. The van der Waals surface area contributed by atoms with E-state index >= 15 is 0 Å². The predicted molar refractivity (Wildman–Crippen MR) is 57.3 cm³/mol. The number of aliphatic carboxylic acids is 1. The van der Waals surface area contributed by atoms with E-state index in [4.69, 9.17) is 10.8 Å². The van der Waals surface area contributed by atoms with Crippen LogP contribution < -0.4 is 5.73 Å². The lowest BCUT2D eigenvalue weighted by molar-refractivity contribution is -0.138. The minimum absolute atomic E-state index is 0.00499. The average Bonchev–Trinajstić information content (AvgIpc) is 2.18. The zero-order valence-electron chi connectivity index (χ0n) is 9.40. The van der Waals surface area contributed by atoms with E-state index < -0.39 is 5.97 Å². The molecular formula is C10H20N2O3. The van der Waals surface area contributed by atoms with E-state index in [0.717, 1.165) is 6.42 Å². The lowest BCUT2D eigenvalue weighted by Gasteiger charge is -2.21. The fraction of sp³-hybridized carbons (Fsp3) is 0.800. The Balaban J connectivity index is 3.92. The van der Waals surface area contributed by atoms with Crippen LogP contribution in [0.1, 0.15) is 26.2 Å². The highest BCUT2D eigenvalue weighted by atomic mass is 16.4. The SMILES string of the molecule is CCC(CN)C(=O)N(C)CCCC(=O)O. The zero-order chi connectivity index (χ0) is 11.8. The number of carbonyl (C=O) groups is 2. The number of amides is 1. The lowest BCUT2D eigenvalue weighted by Crippen LogP contribution is -2.37. The highest BCUT2D eigenvalue weighted by Gasteiger charge is 2.18. The van der Waals surface area contributed by atoms with E-state index in [0.29, 0.717) is 19.5 Å². The molecule has 0 bridgehead atoms. The Morgan fingerprint density at radius 1 is 1.47 bits per heavy atom. The first-order chi connectivity index (χ1) is 7.02. The third kappa shape index (κ3) is 5.37. The molecule has 0 radical (unpaired) electrons. The van der Waals surface area contributed by atoms with Gasteiger partial charge in [0.15, 0.2) is 0 Å². The van der Waals surface area contributed by atoms with Gasteiger partial charge in [0.25, 0.3) is 0 Å². The number of hydrogen-bond acceptors (Lipinski definition) is 3. The van der Waals surface area contributed by atoms with E-state index in [1.165, 1.54) is 0 Å². The Hall–Kier alpha value is -1.10. The maximum Gasteiger partial charge on any atom is 0.303 e. The van der Waals surface area contributed by atoms with Gasteiger partial charge in [-0.1, -0.05) is 6.92 Å². The molecule has 0 aliphatic carbocycles. The fourth-order valence-corrected chi connectivity index (χ4v) is 1.33. The van der Waals surface area contributed by atoms with Crippen molar-refractivity contribution in [1.29, 1.82) is 0 Å². The Morgan fingerprint density at radius 3 is 2.47 bits per heavy atom. The van der Waals surface area contributed by atoms with Crippen LogP contribution in [0.25, 0.3) is 0 Å². The van der Waals surface area contributed by atoms with Crippen molar-refractivity contribution in [2.45, 2.75) is 26.2 Å². The first kappa shape index (κ1) is 13.9. The number of hydrogen-bond donors (Lipinski definition) is 2. The van der Waals surface area contributed by atoms with Gasteiger partial charge < -0.3 is 15.7 Å². The van der Waals surface area contributed by atoms with Crippen LogP contribution in [0.15, 0.2) is 0 Å². The van der Waals surface area contributed by atoms with E-state index in [-0.39, 0.29) is 18.2 Å². The van der Waals surface area contributed by atoms with Gasteiger partial charge in [-0.15, -0.1) is 0 Å². The summed E-state index contributed by atoms with van der Waals surface area (Å²) in [5.41, 5.74) is 5.46. The van der Waals surface area contributed by atoms with Crippen molar-refractivity contribution < 1.29 is 14.7 Å². The summed E-state index contributed by atoms with van der Waals surface area (Å²) in [6.07, 6.45) is 1.30. The van der Waals surface area contributed by atoms with E-state index in [1.54, 1.807) is 11.9 Å². The molecule has 88 valence electrons. The fourth-order valence-electron chi connectivity index (χ4n) is 1.33. The third-order valence-electron chi connectivity index (χ3n) is 2.39. The van der Waals surface area contributed by atoms with E-state index in [1.807, 2.05) is 6.92 Å². The molecule has 0 aromatic heterocycles. The van der Waals surface area contributed by atoms with Crippen LogP contribution in [-0.4, -0.2) is 42.0 Å². The van der Waals surface area contributed by atoms with Gasteiger partial charge in [0, 0.05) is 26.6 Å². The number of nitrogens with zero attached hydrogens (tertiary/aromatic N) is 1. The second-order valence-electron chi connectivity index (χ2n) is 3.60. The number of rotatable bonds is 7. The Labute approximate surface area is 90.2 Å². The van der Waals surface area contributed by atoms with Gasteiger partial charge in [-0.2, -0.15) is 0 Å². The standard InChI is InChI=1S/C10H20N2O3/c1-3-8(7-11)10(15)12(2)6-4-5-9(13)14/h8H,3-7,11H2,1-2H3,(H,13,14). The summed E-state index contributed by atoms with van der Waals surface area (Å²) in [5, 5.41) is 8.44. The van der Waals surface area contributed by atoms with Gasteiger partial charge in [-0.3, -0.25) is 9.59 Å². The Bertz CT molecular complexity index is 215. The number of carbonyl (C=O) groups excluding carboxylic acids is 1. The van der Waals surface area contributed by atoms with Crippen LogP contribution in [-0.2, 0) is 9.59 Å². The van der Waals surface area contributed by atoms with Gasteiger partial charge in [-0.05, 0) is 12.8 Å². The topological polar surface area (TPSA) is 83.6 Å². The molecule has 0 fully saturated rings. The van der Waals surface area contributed by atoms with Crippen LogP contribution in [0.4, 0.5) is 0 Å². The molecule has 0 saturated carbocycles. The molecule has 15 heavy (non-hydrogen) atoms. The number of nitrogens with two attached hydrogens (primary N) is 1. The highest BCUT2D eigenvalue weighted by molar-refractivity contribution is 5.78. The van der Waals surface area contributed by atoms with Crippen molar-refractivity contribution in [2.75, 3.05) is 20.1 Å². The normalized spacial score (nSPS) is 12.2. The van der Waals surface area contributed by atoms with E-state index in [2.05, 4.69) is 0 Å². The summed E-state index contributed by atoms with van der Waals surface area (Å²) in [4.78, 5) is 23.5. The smallest absolute Gasteiger partial charge is 0.303 e. The molecule has 1 unspecified atom stereocenters. The molecule has 3 N–H and O–H groups in total. The van der Waals surface area contributed by atoms with Crippen molar-refractivity contribution in [3.05, 3.63) is 0 Å². The van der Waals surface area contributed by atoms with Crippen molar-refractivity contribution in [2.24, 2.45) is 11.7 Å². The summed E-state index contributed by atoms with van der Waals surface area (Å²) in [6, 6.07) is 0. The molecule has 0 aliphatic rings. The molecule has 0 aromatic rings. The molecule has 1 atom stereocenters. The molecule has 5 nitrogen and oxygen atoms in total. The van der Waals surface area contributed by atoms with Gasteiger partial charge in [0.05, 0.1) is 5.92 Å². The molecule has 0 saturated heterocycles. The van der Waals surface area contributed by atoms with Gasteiger partial charge in [0.2, 0.25) is 5.91 Å². The van der Waals surface area contributed by atoms with Crippen molar-refractivity contribution in [3.63, 3.8) is 0 Å². The van der Waals surface area contributed by atoms with Crippen LogP contribution in [0.5, 0.6) is 0 Å². The second kappa shape index (κ2) is 7.23. The molecule has 0 spiro atoms. The molecule has 0 rings (SSSR count). The van der Waals surface area contributed by atoms with Crippen molar-refractivity contribution in [1.82, 2.24) is 4.90 Å². The van der Waals surface area contributed by atoms with Crippen LogP contribution in [0, 0.1) is 5.92 Å². The summed E-state index contributed by atoms with van der Waals surface area (Å²) in [5.74, 6) is -0.966. The second-order valence-corrected chi connectivity index (χ2v) is 3.60. The van der Waals surface area contributed by atoms with Gasteiger partial charge >= 0.3 is 5.97 Å². The van der Waals surface area contributed by atoms with Crippen LogP contribution in [0.2, 0.25) is 0 Å². The van der Waals surface area contributed by atoms with Crippen molar-refractivity contribution in [3.8, 4) is 0 Å². The first-order valence-corrected chi connectivity index (χ1v) is 5.19. The summed E-state index contributed by atoms with van der Waals surface area (Å²) < 4.78 is 0. The maximum absolute atomic E-state index is 11.7. The summed E-state index contributed by atoms with van der Waals surface area (Å²) >= 11 is 0. The largest absolute Gasteiger partial charge is 0.481 e. The van der Waals surface area contributed by atoms with Gasteiger partial charge in [-0.25, -0.2) is 0 Å². The first-order valence-electron chi connectivity index (χ1n) is 5.19. The third-order valence-corrected chi connectivity index (χ3v) is 2.39. The summed E-state index contributed by atoms with van der Waals surface area (Å²) in [6.45, 7) is 2.74. The minimum Gasteiger partial charge on any atom is -0.481 e. The molecule has 1 amide bonds. The monoisotopic (exact) mass is 216 g/mol. The molecule has 0 heterocycles. The summed E-state index contributed by atoms with van der Waals surface area (Å²) in [7, 11) is 1.68. The molecular weight excluding hydrogens is 196 g/mol. The van der Waals surface area contributed by atoms with Crippen LogP contribution >= 0.6 is 0 Å². The quantitative estimate of drug-likeness (QED) is 0.641. The number of carboxylic acids is 1. The molecule has 0 aliphatic heterocycles. The van der Waals surface area contributed by atoms with E-state index in [9.17, 15) is 9.59 Å². The highest BCUT2D eigenvalue weighted by Crippen LogP contribution is 2.05. The predicted octanol–water partition coefficient (Wildman–Crippen LogP) is 0.294. The van der Waals surface area contributed by atoms with Crippen LogP contribution in [0.3, 0.4) is 0 Å². The molecule has 0 aromatic carbocycles.